The number of amides is 1. The minimum Gasteiger partial charge on any atom is -0.493 e. The fourth-order valence-corrected chi connectivity index (χ4v) is 3.33. The number of carbonyl (C=O) groups excluding carboxylic acids is 1. The molecule has 32 heavy (non-hydrogen) atoms. The summed E-state index contributed by atoms with van der Waals surface area (Å²) < 4.78 is 30.6. The number of halogens is 1. The Morgan fingerprint density at radius 2 is 1.66 bits per heavy atom. The van der Waals surface area contributed by atoms with Crippen LogP contribution in [0.5, 0.6) is 17.2 Å². The Bertz CT molecular complexity index is 1370. The number of nitrogens with one attached hydrogen (secondary N) is 1. The van der Waals surface area contributed by atoms with Crippen LogP contribution in [0.1, 0.15) is 10.5 Å². The molecule has 10 nitrogen and oxygen atoms in total. The van der Waals surface area contributed by atoms with Crippen molar-refractivity contribution in [2.45, 2.75) is 0 Å². The fourth-order valence-electron chi connectivity index (χ4n) is 3.33. The molecule has 0 unspecified atom stereocenters. The normalized spacial score (nSPS) is 10.9. The van der Waals surface area contributed by atoms with E-state index < -0.39 is 17.4 Å². The summed E-state index contributed by atoms with van der Waals surface area (Å²) in [5, 5.41) is 0. The molecular weight excluding hydrogens is 421 g/mol. The number of carbonyl (C=O) groups is 1. The van der Waals surface area contributed by atoms with E-state index in [9.17, 15) is 14.0 Å². The van der Waals surface area contributed by atoms with Gasteiger partial charge in [-0.15, -0.1) is 0 Å². The van der Waals surface area contributed by atoms with Crippen LogP contribution >= 0.6 is 0 Å². The molecule has 0 atom stereocenters. The molecule has 2 aromatic carbocycles. The van der Waals surface area contributed by atoms with E-state index >= 15 is 0 Å². The number of hydrogen-bond donors (Lipinski definition) is 2. The number of H-pyrrole nitrogens is 1. The van der Waals surface area contributed by atoms with Gasteiger partial charge in [0.05, 0.1) is 27.0 Å². The van der Waals surface area contributed by atoms with Gasteiger partial charge in [-0.25, -0.2) is 23.7 Å². The van der Waals surface area contributed by atoms with E-state index in [0.717, 1.165) is 0 Å². The minimum absolute atomic E-state index is 0.0583. The summed E-state index contributed by atoms with van der Waals surface area (Å²) in [6.07, 6.45) is 0. The van der Waals surface area contributed by atoms with E-state index in [1.165, 1.54) is 50.2 Å². The predicted octanol–water partition coefficient (Wildman–Crippen LogP) is 2.04. The zero-order chi connectivity index (χ0) is 23.0. The Kier molecular flexibility index (Phi) is 5.23. The van der Waals surface area contributed by atoms with Crippen molar-refractivity contribution in [2.24, 2.45) is 5.73 Å². The van der Waals surface area contributed by atoms with Crippen molar-refractivity contribution in [3.8, 4) is 34.3 Å². The average Bonchev–Trinajstić information content (AvgIpc) is 3.13. The monoisotopic (exact) mass is 439 g/mol. The van der Waals surface area contributed by atoms with E-state index in [1.807, 2.05) is 0 Å². The summed E-state index contributed by atoms with van der Waals surface area (Å²) in [5.74, 6) is -0.196. The highest BCUT2D eigenvalue weighted by Gasteiger charge is 2.22. The Morgan fingerprint density at radius 1 is 1.03 bits per heavy atom. The topological polar surface area (TPSA) is 134 Å². The lowest BCUT2D eigenvalue weighted by Gasteiger charge is -2.14. The zero-order valence-electron chi connectivity index (χ0n) is 17.3. The average molecular weight is 439 g/mol. The molecular formula is C21H18FN5O5. The number of imidazole rings is 1. The molecule has 0 fully saturated rings. The standard InChI is InChI=1S/C21H18FN5O5/c1-30-13-8-10(9-14(31-2)17(13)32-3)19-24-15(18(23)28)16-20(26-19)27(21(29)25-16)12-6-4-11(22)5-7-12/h4-9H,1-3H3,(H2,23,28)(H,25,29). The number of aromatic nitrogens is 4. The number of hydrogen-bond acceptors (Lipinski definition) is 7. The third kappa shape index (κ3) is 3.39. The number of rotatable bonds is 6. The molecule has 0 radical (unpaired) electrons. The van der Waals surface area contributed by atoms with Crippen molar-refractivity contribution in [1.82, 2.24) is 19.5 Å². The molecule has 0 aliphatic heterocycles. The van der Waals surface area contributed by atoms with Crippen LogP contribution in [0, 0.1) is 5.82 Å². The molecule has 3 N–H and O–H groups in total. The Balaban J connectivity index is 2.04. The lowest BCUT2D eigenvalue weighted by atomic mass is 10.1. The second-order valence-corrected chi connectivity index (χ2v) is 6.61. The van der Waals surface area contributed by atoms with Crippen molar-refractivity contribution in [3.63, 3.8) is 0 Å². The fraction of sp³-hybridized carbons (Fsp3) is 0.143. The number of nitrogens with zero attached hydrogens (tertiary/aromatic N) is 3. The van der Waals surface area contributed by atoms with E-state index in [-0.39, 0.29) is 22.7 Å². The van der Waals surface area contributed by atoms with E-state index in [0.29, 0.717) is 28.5 Å². The van der Waals surface area contributed by atoms with Crippen molar-refractivity contribution >= 4 is 17.1 Å². The number of nitrogens with two attached hydrogens (primary N) is 1. The molecule has 1 amide bonds. The van der Waals surface area contributed by atoms with Gasteiger partial charge in [-0.05, 0) is 36.4 Å². The molecule has 2 aromatic heterocycles. The van der Waals surface area contributed by atoms with Gasteiger partial charge in [-0.2, -0.15) is 0 Å². The first-order chi connectivity index (χ1) is 15.4. The van der Waals surface area contributed by atoms with Gasteiger partial charge in [0.2, 0.25) is 5.75 Å². The van der Waals surface area contributed by atoms with Gasteiger partial charge in [0, 0.05) is 5.56 Å². The summed E-state index contributed by atoms with van der Waals surface area (Å²) in [6, 6.07) is 8.43. The maximum absolute atomic E-state index is 13.4. The van der Waals surface area contributed by atoms with Gasteiger partial charge in [0.15, 0.2) is 28.7 Å². The predicted molar refractivity (Wildman–Crippen MR) is 113 cm³/mol. The number of methoxy groups -OCH3 is 3. The zero-order valence-corrected chi connectivity index (χ0v) is 17.3. The van der Waals surface area contributed by atoms with Crippen LogP contribution in [0.3, 0.4) is 0 Å². The minimum atomic E-state index is -0.862. The smallest absolute Gasteiger partial charge is 0.332 e. The maximum atomic E-state index is 13.4. The summed E-state index contributed by atoms with van der Waals surface area (Å²) in [7, 11) is 4.38. The summed E-state index contributed by atoms with van der Waals surface area (Å²) in [5.41, 5.74) is 5.66. The number of fused-ring (bicyclic) bond motifs is 1. The quantitative estimate of drug-likeness (QED) is 0.469. The Labute approximate surface area is 180 Å². The van der Waals surface area contributed by atoms with Gasteiger partial charge < -0.3 is 24.9 Å². The van der Waals surface area contributed by atoms with Crippen LogP contribution in [0.15, 0.2) is 41.2 Å². The van der Waals surface area contributed by atoms with Crippen LogP contribution in [-0.2, 0) is 0 Å². The number of primary amides is 1. The molecule has 2 heterocycles. The lowest BCUT2D eigenvalue weighted by molar-refractivity contribution is 0.0997. The maximum Gasteiger partial charge on any atom is 0.332 e. The first-order valence-electron chi connectivity index (χ1n) is 9.26. The van der Waals surface area contributed by atoms with Gasteiger partial charge in [0.1, 0.15) is 11.3 Å². The molecule has 0 saturated carbocycles. The molecule has 11 heteroatoms. The summed E-state index contributed by atoms with van der Waals surface area (Å²) in [4.78, 5) is 36.1. The molecule has 4 aromatic rings. The number of ether oxygens (including phenoxy) is 3. The van der Waals surface area contributed by atoms with Crippen molar-refractivity contribution in [2.75, 3.05) is 21.3 Å². The Hall–Kier alpha value is -4.41. The van der Waals surface area contributed by atoms with Gasteiger partial charge in [-0.3, -0.25) is 4.79 Å². The largest absolute Gasteiger partial charge is 0.493 e. The van der Waals surface area contributed by atoms with Gasteiger partial charge in [0.25, 0.3) is 5.91 Å². The molecule has 0 bridgehead atoms. The second kappa shape index (κ2) is 8.02. The van der Waals surface area contributed by atoms with Gasteiger partial charge in [-0.1, -0.05) is 0 Å². The van der Waals surface area contributed by atoms with Crippen LogP contribution in [-0.4, -0.2) is 46.8 Å². The first-order valence-corrected chi connectivity index (χ1v) is 9.26. The SMILES string of the molecule is COc1cc(-c2nc(C(N)=O)c3[nH]c(=O)n(-c4ccc(F)cc4)c3n2)cc(OC)c1OC. The van der Waals surface area contributed by atoms with Crippen LogP contribution < -0.4 is 25.6 Å². The van der Waals surface area contributed by atoms with Crippen LogP contribution in [0.25, 0.3) is 28.2 Å². The third-order valence-corrected chi connectivity index (χ3v) is 4.78. The summed E-state index contributed by atoms with van der Waals surface area (Å²) >= 11 is 0. The molecule has 164 valence electrons. The van der Waals surface area contributed by atoms with Gasteiger partial charge >= 0.3 is 5.69 Å². The molecule has 0 saturated heterocycles. The first kappa shape index (κ1) is 20.8. The van der Waals surface area contributed by atoms with Crippen molar-refractivity contribution in [3.05, 3.63) is 58.4 Å². The molecule has 0 aliphatic rings. The van der Waals surface area contributed by atoms with E-state index in [2.05, 4.69) is 15.0 Å². The van der Waals surface area contributed by atoms with E-state index in [1.54, 1.807) is 12.1 Å². The van der Waals surface area contributed by atoms with Crippen molar-refractivity contribution < 1.29 is 23.4 Å². The highest BCUT2D eigenvalue weighted by atomic mass is 19.1. The third-order valence-electron chi connectivity index (χ3n) is 4.78. The second-order valence-electron chi connectivity index (χ2n) is 6.61. The highest BCUT2D eigenvalue weighted by molar-refractivity contribution is 6.02. The number of benzene rings is 2. The highest BCUT2D eigenvalue weighted by Crippen LogP contribution is 2.40. The number of aromatic amines is 1. The van der Waals surface area contributed by atoms with Crippen molar-refractivity contribution in [1.29, 1.82) is 0 Å². The van der Waals surface area contributed by atoms with Crippen LogP contribution in [0.4, 0.5) is 4.39 Å². The summed E-state index contributed by atoms with van der Waals surface area (Å²) in [6.45, 7) is 0. The molecule has 4 rings (SSSR count). The van der Waals surface area contributed by atoms with E-state index in [4.69, 9.17) is 19.9 Å². The molecule has 0 spiro atoms. The lowest BCUT2D eigenvalue weighted by Crippen LogP contribution is -2.15. The Morgan fingerprint density at radius 3 is 2.19 bits per heavy atom. The molecule has 0 aliphatic carbocycles. The van der Waals surface area contributed by atoms with Crippen LogP contribution in [0.2, 0.25) is 0 Å².